The smallest absolute Gasteiger partial charge is 0.120 e. The largest absolute Gasteiger partial charge is 0.489 e. The summed E-state index contributed by atoms with van der Waals surface area (Å²) in [6.07, 6.45) is 8.80. The molecule has 0 fully saturated rings. The number of ether oxygens (including phenoxy) is 1. The summed E-state index contributed by atoms with van der Waals surface area (Å²) in [5.41, 5.74) is 3.77. The zero-order valence-corrected chi connectivity index (χ0v) is 13.8. The van der Waals surface area contributed by atoms with E-state index in [9.17, 15) is 0 Å². The highest BCUT2D eigenvalue weighted by molar-refractivity contribution is 6.30. The number of benzene rings is 2. The van der Waals surface area contributed by atoms with Crippen LogP contribution in [0.4, 0.5) is 0 Å². The Labute approximate surface area is 142 Å². The van der Waals surface area contributed by atoms with Crippen LogP contribution in [0, 0.1) is 12.3 Å². The van der Waals surface area contributed by atoms with Gasteiger partial charge in [-0.05, 0) is 60.2 Å². The highest BCUT2D eigenvalue weighted by atomic mass is 35.5. The van der Waals surface area contributed by atoms with Crippen molar-refractivity contribution in [2.75, 3.05) is 6.54 Å². The summed E-state index contributed by atoms with van der Waals surface area (Å²) in [6.45, 7) is 1.11. The van der Waals surface area contributed by atoms with E-state index in [1.165, 1.54) is 17.5 Å². The fourth-order valence-corrected chi connectivity index (χ4v) is 3.27. The lowest BCUT2D eigenvalue weighted by atomic mass is 9.87. The van der Waals surface area contributed by atoms with Crippen LogP contribution >= 0.6 is 11.6 Å². The number of halogens is 1. The molecule has 2 aromatic rings. The van der Waals surface area contributed by atoms with Crippen LogP contribution in [-0.2, 0) is 13.0 Å². The molecule has 0 bridgehead atoms. The van der Waals surface area contributed by atoms with Crippen LogP contribution in [0.2, 0.25) is 5.02 Å². The molecule has 0 heterocycles. The summed E-state index contributed by atoms with van der Waals surface area (Å²) < 4.78 is 5.94. The number of fused-ring (bicyclic) bond motifs is 1. The van der Waals surface area contributed by atoms with Crippen LogP contribution < -0.4 is 10.1 Å². The number of hydrogen-bond acceptors (Lipinski definition) is 2. The van der Waals surface area contributed by atoms with Crippen LogP contribution in [0.3, 0.4) is 0 Å². The zero-order chi connectivity index (χ0) is 16.1. The third-order valence-corrected chi connectivity index (χ3v) is 4.41. The van der Waals surface area contributed by atoms with E-state index in [-0.39, 0.29) is 0 Å². The maximum absolute atomic E-state index is 6.01. The number of nitrogens with one attached hydrogen (secondary N) is 1. The van der Waals surface area contributed by atoms with Gasteiger partial charge in [-0.1, -0.05) is 35.7 Å². The number of hydrogen-bond donors (Lipinski definition) is 1. The Morgan fingerprint density at radius 2 is 2.17 bits per heavy atom. The van der Waals surface area contributed by atoms with Crippen LogP contribution in [0.25, 0.3) is 0 Å². The highest BCUT2D eigenvalue weighted by Crippen LogP contribution is 2.32. The Bertz CT molecular complexity index is 720. The lowest BCUT2D eigenvalue weighted by molar-refractivity contribution is 0.305. The van der Waals surface area contributed by atoms with Gasteiger partial charge in [0, 0.05) is 11.1 Å². The normalized spacial score (nSPS) is 16.4. The number of terminal acetylenes is 1. The minimum Gasteiger partial charge on any atom is -0.489 e. The molecule has 1 aliphatic carbocycles. The van der Waals surface area contributed by atoms with Gasteiger partial charge in [0.1, 0.15) is 12.4 Å². The molecular formula is C20H20ClNO. The van der Waals surface area contributed by atoms with Crippen LogP contribution in [0.5, 0.6) is 5.75 Å². The SMILES string of the molecule is C#CCNC1CCCc2ccc(OCc3cccc(Cl)c3)cc21. The topological polar surface area (TPSA) is 21.3 Å². The van der Waals surface area contributed by atoms with Gasteiger partial charge in [-0.25, -0.2) is 0 Å². The first-order valence-electron chi connectivity index (χ1n) is 7.93. The van der Waals surface area contributed by atoms with Gasteiger partial charge >= 0.3 is 0 Å². The third kappa shape index (κ3) is 4.07. The molecule has 0 amide bonds. The van der Waals surface area contributed by atoms with Gasteiger partial charge in [-0.15, -0.1) is 6.42 Å². The van der Waals surface area contributed by atoms with E-state index in [1.54, 1.807) is 0 Å². The molecule has 3 heteroatoms. The van der Waals surface area contributed by atoms with Crippen molar-refractivity contribution in [1.29, 1.82) is 0 Å². The summed E-state index contributed by atoms with van der Waals surface area (Å²) in [4.78, 5) is 0. The third-order valence-electron chi connectivity index (χ3n) is 4.18. The molecule has 2 nitrogen and oxygen atoms in total. The molecule has 1 unspecified atom stereocenters. The molecule has 0 radical (unpaired) electrons. The van der Waals surface area contributed by atoms with E-state index in [2.05, 4.69) is 23.4 Å². The van der Waals surface area contributed by atoms with E-state index < -0.39 is 0 Å². The summed E-state index contributed by atoms with van der Waals surface area (Å²) in [5, 5.41) is 4.16. The second-order valence-electron chi connectivity index (χ2n) is 5.81. The van der Waals surface area contributed by atoms with Crippen molar-refractivity contribution in [2.45, 2.75) is 31.9 Å². The van der Waals surface area contributed by atoms with Crippen molar-refractivity contribution in [3.05, 3.63) is 64.2 Å². The van der Waals surface area contributed by atoms with Crippen molar-refractivity contribution in [3.63, 3.8) is 0 Å². The monoisotopic (exact) mass is 325 g/mol. The zero-order valence-electron chi connectivity index (χ0n) is 13.0. The summed E-state index contributed by atoms with van der Waals surface area (Å²) in [5.74, 6) is 3.54. The van der Waals surface area contributed by atoms with Crippen LogP contribution in [0.15, 0.2) is 42.5 Å². The average Bonchev–Trinajstić information content (AvgIpc) is 2.58. The molecule has 0 saturated carbocycles. The molecule has 3 rings (SSSR count). The van der Waals surface area contributed by atoms with Gasteiger partial charge in [0.15, 0.2) is 0 Å². The molecule has 1 aliphatic rings. The fourth-order valence-electron chi connectivity index (χ4n) is 3.05. The summed E-state index contributed by atoms with van der Waals surface area (Å²) in [6, 6.07) is 14.4. The van der Waals surface area contributed by atoms with E-state index >= 15 is 0 Å². The van der Waals surface area contributed by atoms with Crippen LogP contribution in [0.1, 0.15) is 35.6 Å². The highest BCUT2D eigenvalue weighted by Gasteiger charge is 2.20. The van der Waals surface area contributed by atoms with Crippen LogP contribution in [-0.4, -0.2) is 6.54 Å². The Kier molecular flexibility index (Phi) is 5.23. The standard InChI is InChI=1S/C20H20ClNO/c1-2-11-22-20-8-4-6-16-9-10-18(13-19(16)20)23-14-15-5-3-7-17(21)12-15/h1,3,5,7,9-10,12-13,20,22H,4,6,8,11,14H2. The van der Waals surface area contributed by atoms with Crippen molar-refractivity contribution in [3.8, 4) is 18.1 Å². The lowest BCUT2D eigenvalue weighted by Crippen LogP contribution is -2.25. The predicted molar refractivity (Wildman–Crippen MR) is 94.7 cm³/mol. The molecule has 0 aliphatic heterocycles. The quantitative estimate of drug-likeness (QED) is 0.816. The second kappa shape index (κ2) is 7.55. The van der Waals surface area contributed by atoms with Crippen molar-refractivity contribution < 1.29 is 4.74 Å². The van der Waals surface area contributed by atoms with E-state index in [1.807, 2.05) is 30.3 Å². The molecular weight excluding hydrogens is 306 g/mol. The molecule has 1 atom stereocenters. The molecule has 118 valence electrons. The van der Waals surface area contributed by atoms with Crippen molar-refractivity contribution in [2.24, 2.45) is 0 Å². The second-order valence-corrected chi connectivity index (χ2v) is 6.25. The first kappa shape index (κ1) is 15.9. The molecule has 0 aromatic heterocycles. The molecule has 0 saturated heterocycles. The fraction of sp³-hybridized carbons (Fsp3) is 0.300. The van der Waals surface area contributed by atoms with E-state index in [0.29, 0.717) is 19.2 Å². The Morgan fingerprint density at radius 1 is 1.26 bits per heavy atom. The maximum atomic E-state index is 6.01. The minimum atomic E-state index is 0.324. The Balaban J connectivity index is 1.73. The van der Waals surface area contributed by atoms with Crippen molar-refractivity contribution >= 4 is 11.6 Å². The van der Waals surface area contributed by atoms with Gasteiger partial charge < -0.3 is 4.74 Å². The number of aryl methyl sites for hydroxylation is 1. The summed E-state index contributed by atoms with van der Waals surface area (Å²) in [7, 11) is 0. The van der Waals surface area contributed by atoms with Gasteiger partial charge in [-0.3, -0.25) is 5.32 Å². The average molecular weight is 326 g/mol. The molecule has 1 N–H and O–H groups in total. The molecule has 2 aromatic carbocycles. The lowest BCUT2D eigenvalue weighted by Gasteiger charge is -2.26. The summed E-state index contributed by atoms with van der Waals surface area (Å²) >= 11 is 6.01. The minimum absolute atomic E-state index is 0.324. The Hall–Kier alpha value is -1.95. The maximum Gasteiger partial charge on any atom is 0.120 e. The Morgan fingerprint density at radius 3 is 3.00 bits per heavy atom. The first-order chi connectivity index (χ1) is 11.3. The van der Waals surface area contributed by atoms with Gasteiger partial charge in [0.2, 0.25) is 0 Å². The van der Waals surface area contributed by atoms with Gasteiger partial charge in [-0.2, -0.15) is 0 Å². The first-order valence-corrected chi connectivity index (χ1v) is 8.31. The van der Waals surface area contributed by atoms with E-state index in [4.69, 9.17) is 22.8 Å². The number of rotatable bonds is 5. The van der Waals surface area contributed by atoms with E-state index in [0.717, 1.165) is 29.2 Å². The predicted octanol–water partition coefficient (Wildman–Crippen LogP) is 4.52. The molecule has 0 spiro atoms. The van der Waals surface area contributed by atoms with Gasteiger partial charge in [0.05, 0.1) is 6.54 Å². The van der Waals surface area contributed by atoms with Crippen molar-refractivity contribution in [1.82, 2.24) is 5.32 Å². The van der Waals surface area contributed by atoms with Gasteiger partial charge in [0.25, 0.3) is 0 Å². The molecule has 23 heavy (non-hydrogen) atoms.